The SMILES string of the molecule is CC(C)CCN(CC(=O)NO)C(=O)N1CCCC1C(=O)NCCC(C)(C)C. The molecule has 1 unspecified atom stereocenters. The molecule has 0 aromatic carbocycles. The number of urea groups is 1. The van der Waals surface area contributed by atoms with Gasteiger partial charge in [0.1, 0.15) is 12.6 Å². The molecule has 27 heavy (non-hydrogen) atoms. The second kappa shape index (κ2) is 10.5. The van der Waals surface area contributed by atoms with Crippen molar-refractivity contribution in [2.45, 2.75) is 66.3 Å². The minimum absolute atomic E-state index is 0.129. The molecule has 1 aliphatic rings. The number of carbonyl (C=O) groups excluding carboxylic acids is 3. The molecular weight excluding hydrogens is 348 g/mol. The lowest BCUT2D eigenvalue weighted by Crippen LogP contribution is -2.53. The Kier molecular flexibility index (Phi) is 9.02. The van der Waals surface area contributed by atoms with Crippen molar-refractivity contribution in [3.63, 3.8) is 0 Å². The topological polar surface area (TPSA) is 102 Å². The van der Waals surface area contributed by atoms with Crippen molar-refractivity contribution in [1.82, 2.24) is 20.6 Å². The van der Waals surface area contributed by atoms with Crippen LogP contribution in [0, 0.1) is 11.3 Å². The quantitative estimate of drug-likeness (QED) is 0.440. The molecule has 3 N–H and O–H groups in total. The van der Waals surface area contributed by atoms with Crippen molar-refractivity contribution in [2.75, 3.05) is 26.2 Å². The highest BCUT2D eigenvalue weighted by atomic mass is 16.5. The lowest BCUT2D eigenvalue weighted by Gasteiger charge is -2.31. The van der Waals surface area contributed by atoms with Gasteiger partial charge in [-0.3, -0.25) is 14.8 Å². The molecule has 0 radical (unpaired) electrons. The minimum atomic E-state index is -0.641. The lowest BCUT2D eigenvalue weighted by molar-refractivity contribution is -0.130. The summed E-state index contributed by atoms with van der Waals surface area (Å²) in [7, 11) is 0. The normalized spacial score (nSPS) is 17.1. The molecule has 1 fully saturated rings. The van der Waals surface area contributed by atoms with Crippen molar-refractivity contribution < 1.29 is 19.6 Å². The fourth-order valence-corrected chi connectivity index (χ4v) is 2.99. The van der Waals surface area contributed by atoms with Crippen LogP contribution in [0.25, 0.3) is 0 Å². The zero-order chi connectivity index (χ0) is 20.6. The summed E-state index contributed by atoms with van der Waals surface area (Å²) in [5.41, 5.74) is 1.70. The van der Waals surface area contributed by atoms with Gasteiger partial charge < -0.3 is 15.1 Å². The van der Waals surface area contributed by atoms with Crippen LogP contribution < -0.4 is 10.8 Å². The summed E-state index contributed by atoms with van der Waals surface area (Å²) in [6.07, 6.45) is 2.97. The summed E-state index contributed by atoms with van der Waals surface area (Å²) in [4.78, 5) is 40.1. The van der Waals surface area contributed by atoms with Crippen molar-refractivity contribution in [3.05, 3.63) is 0 Å². The number of hydrogen-bond donors (Lipinski definition) is 3. The Hall–Kier alpha value is -1.83. The van der Waals surface area contributed by atoms with Gasteiger partial charge in [-0.15, -0.1) is 0 Å². The third-order valence-corrected chi connectivity index (χ3v) is 4.68. The predicted molar refractivity (Wildman–Crippen MR) is 103 cm³/mol. The first-order valence-corrected chi connectivity index (χ1v) is 9.81. The van der Waals surface area contributed by atoms with Crippen molar-refractivity contribution in [1.29, 1.82) is 0 Å². The van der Waals surface area contributed by atoms with Gasteiger partial charge >= 0.3 is 6.03 Å². The third kappa shape index (κ3) is 8.15. The predicted octanol–water partition coefficient (Wildman–Crippen LogP) is 1.98. The van der Waals surface area contributed by atoms with Gasteiger partial charge in [-0.1, -0.05) is 34.6 Å². The van der Waals surface area contributed by atoms with Crippen LogP contribution >= 0.6 is 0 Å². The van der Waals surface area contributed by atoms with Gasteiger partial charge in [0.05, 0.1) is 0 Å². The van der Waals surface area contributed by atoms with Crippen molar-refractivity contribution >= 4 is 17.8 Å². The molecule has 0 bridgehead atoms. The zero-order valence-electron chi connectivity index (χ0n) is 17.4. The first kappa shape index (κ1) is 23.2. The minimum Gasteiger partial charge on any atom is -0.354 e. The lowest BCUT2D eigenvalue weighted by atomic mass is 9.92. The fourth-order valence-electron chi connectivity index (χ4n) is 2.99. The van der Waals surface area contributed by atoms with E-state index in [4.69, 9.17) is 5.21 Å². The van der Waals surface area contributed by atoms with E-state index >= 15 is 0 Å². The molecular formula is C19H36N4O4. The molecule has 1 rings (SSSR count). The maximum Gasteiger partial charge on any atom is 0.321 e. The number of rotatable bonds is 8. The molecule has 1 heterocycles. The van der Waals surface area contributed by atoms with E-state index in [1.807, 2.05) is 13.8 Å². The molecule has 0 aliphatic carbocycles. The number of hydrogen-bond acceptors (Lipinski definition) is 4. The highest BCUT2D eigenvalue weighted by Gasteiger charge is 2.36. The van der Waals surface area contributed by atoms with Crippen molar-refractivity contribution in [3.8, 4) is 0 Å². The van der Waals surface area contributed by atoms with E-state index in [-0.39, 0.29) is 23.9 Å². The van der Waals surface area contributed by atoms with E-state index < -0.39 is 11.9 Å². The van der Waals surface area contributed by atoms with Crippen LogP contribution in [0.1, 0.15) is 60.3 Å². The zero-order valence-corrected chi connectivity index (χ0v) is 17.4. The van der Waals surface area contributed by atoms with Gasteiger partial charge in [-0.2, -0.15) is 0 Å². The molecule has 4 amide bonds. The Morgan fingerprint density at radius 3 is 2.48 bits per heavy atom. The molecule has 156 valence electrons. The Balaban J connectivity index is 2.74. The standard InChI is InChI=1S/C19H36N4O4/c1-14(2)8-12-22(13-16(24)21-27)18(26)23-11-6-7-15(23)17(25)20-10-9-19(3,4)5/h14-15,27H,6-13H2,1-5H3,(H,20,25)(H,21,24). The summed E-state index contributed by atoms with van der Waals surface area (Å²) in [5, 5.41) is 11.7. The van der Waals surface area contributed by atoms with E-state index in [0.717, 1.165) is 19.3 Å². The molecule has 0 aromatic rings. The average molecular weight is 385 g/mol. The van der Waals surface area contributed by atoms with Crippen LogP contribution in [0.15, 0.2) is 0 Å². The van der Waals surface area contributed by atoms with Crippen LogP contribution in [0.4, 0.5) is 4.79 Å². The first-order chi connectivity index (χ1) is 12.5. The summed E-state index contributed by atoms with van der Waals surface area (Å²) >= 11 is 0. The molecule has 0 aromatic heterocycles. The summed E-state index contributed by atoms with van der Waals surface area (Å²) in [6.45, 7) is 11.7. The van der Waals surface area contributed by atoms with Crippen LogP contribution in [0.5, 0.6) is 0 Å². The van der Waals surface area contributed by atoms with Crippen LogP contribution in [0.3, 0.4) is 0 Å². The van der Waals surface area contributed by atoms with Gasteiger partial charge in [0.25, 0.3) is 5.91 Å². The fraction of sp³-hybridized carbons (Fsp3) is 0.842. The Bertz CT molecular complexity index is 516. The summed E-state index contributed by atoms with van der Waals surface area (Å²) in [5.74, 6) is -0.412. The molecule has 1 saturated heterocycles. The molecule has 1 aliphatic heterocycles. The number of nitrogens with zero attached hydrogens (tertiary/aromatic N) is 2. The Labute approximate surface area is 162 Å². The molecule has 0 saturated carbocycles. The molecule has 1 atom stereocenters. The third-order valence-electron chi connectivity index (χ3n) is 4.68. The highest BCUT2D eigenvalue weighted by Crippen LogP contribution is 2.21. The Morgan fingerprint density at radius 1 is 1.26 bits per heavy atom. The summed E-state index contributed by atoms with van der Waals surface area (Å²) in [6, 6.07) is -0.830. The number of nitrogens with one attached hydrogen (secondary N) is 2. The maximum absolute atomic E-state index is 13.0. The second-order valence-electron chi connectivity index (χ2n) is 8.87. The number of amides is 4. The maximum atomic E-state index is 13.0. The van der Waals surface area contributed by atoms with Crippen LogP contribution in [-0.2, 0) is 9.59 Å². The number of carbonyl (C=O) groups is 3. The smallest absolute Gasteiger partial charge is 0.321 e. The molecule has 0 spiro atoms. The Morgan fingerprint density at radius 2 is 1.93 bits per heavy atom. The van der Waals surface area contributed by atoms with Crippen LogP contribution in [0.2, 0.25) is 0 Å². The van der Waals surface area contributed by atoms with E-state index in [9.17, 15) is 14.4 Å². The number of hydroxylamine groups is 1. The monoisotopic (exact) mass is 384 g/mol. The van der Waals surface area contributed by atoms with Gasteiger partial charge in [-0.05, 0) is 37.0 Å². The summed E-state index contributed by atoms with van der Waals surface area (Å²) < 4.78 is 0. The van der Waals surface area contributed by atoms with Crippen molar-refractivity contribution in [2.24, 2.45) is 11.3 Å². The van der Waals surface area contributed by atoms with Gasteiger partial charge in [-0.25, -0.2) is 10.3 Å². The van der Waals surface area contributed by atoms with E-state index in [1.165, 1.54) is 4.90 Å². The van der Waals surface area contributed by atoms with E-state index in [0.29, 0.717) is 32.0 Å². The van der Waals surface area contributed by atoms with Gasteiger partial charge in [0.2, 0.25) is 5.91 Å². The largest absolute Gasteiger partial charge is 0.354 e. The first-order valence-electron chi connectivity index (χ1n) is 9.81. The second-order valence-corrected chi connectivity index (χ2v) is 8.87. The van der Waals surface area contributed by atoms with E-state index in [2.05, 4.69) is 26.1 Å². The number of likely N-dealkylation sites (tertiary alicyclic amines) is 1. The van der Waals surface area contributed by atoms with Crippen LogP contribution in [-0.4, -0.2) is 65.1 Å². The molecule has 8 nitrogen and oxygen atoms in total. The van der Waals surface area contributed by atoms with E-state index in [1.54, 1.807) is 10.4 Å². The van der Waals surface area contributed by atoms with Gasteiger partial charge in [0, 0.05) is 19.6 Å². The highest BCUT2D eigenvalue weighted by molar-refractivity contribution is 5.89. The average Bonchev–Trinajstić information content (AvgIpc) is 3.06. The molecule has 8 heteroatoms. The van der Waals surface area contributed by atoms with Gasteiger partial charge in [0.15, 0.2) is 0 Å².